The van der Waals surface area contributed by atoms with Crippen molar-refractivity contribution in [2.45, 2.75) is 31.6 Å². The summed E-state index contributed by atoms with van der Waals surface area (Å²) in [6.07, 6.45) is 0. The Kier molecular flexibility index (Phi) is 10.4. The zero-order chi connectivity index (χ0) is 19.5. The minimum atomic E-state index is -0.189. The third-order valence-corrected chi connectivity index (χ3v) is 6.36. The fraction of sp³-hybridized carbons (Fsp3) is 0.947. The van der Waals surface area contributed by atoms with Crippen molar-refractivity contribution in [1.29, 1.82) is 0 Å². The molecule has 1 unspecified atom stereocenters. The lowest BCUT2D eigenvalue weighted by atomic mass is 10.2. The second-order valence-corrected chi connectivity index (χ2v) is 9.06. The van der Waals surface area contributed by atoms with E-state index in [9.17, 15) is 4.79 Å². The number of nitrogens with zero attached hydrogens (tertiary/aromatic N) is 2. The van der Waals surface area contributed by atoms with Crippen molar-refractivity contribution in [3.05, 3.63) is 0 Å². The van der Waals surface area contributed by atoms with Gasteiger partial charge in [-0.2, -0.15) is 0 Å². The standard InChI is InChI=1S/C19H37N3O4S/c1-17(2)22-7-5-21(6-8-22)9-11-25-13-15-26-14-12-24-10-4-20-18(23)19(3)16-27-19/h17H,4-16H2,1-3H3,(H,20,23). The van der Waals surface area contributed by atoms with Crippen molar-refractivity contribution in [2.24, 2.45) is 0 Å². The van der Waals surface area contributed by atoms with E-state index in [1.807, 2.05) is 6.92 Å². The van der Waals surface area contributed by atoms with Crippen LogP contribution >= 0.6 is 11.8 Å². The van der Waals surface area contributed by atoms with Crippen LogP contribution in [0.25, 0.3) is 0 Å². The maximum atomic E-state index is 11.7. The lowest BCUT2D eigenvalue weighted by Crippen LogP contribution is -2.49. The molecule has 1 N–H and O–H groups in total. The monoisotopic (exact) mass is 403 g/mol. The second kappa shape index (κ2) is 12.2. The van der Waals surface area contributed by atoms with E-state index in [1.54, 1.807) is 11.8 Å². The summed E-state index contributed by atoms with van der Waals surface area (Å²) < 4.78 is 16.4. The largest absolute Gasteiger partial charge is 0.378 e. The maximum absolute atomic E-state index is 11.7. The van der Waals surface area contributed by atoms with Gasteiger partial charge in [0.15, 0.2) is 0 Å². The topological polar surface area (TPSA) is 63.3 Å². The van der Waals surface area contributed by atoms with Gasteiger partial charge >= 0.3 is 0 Å². The van der Waals surface area contributed by atoms with E-state index in [1.165, 1.54) is 0 Å². The molecule has 8 heteroatoms. The quantitative estimate of drug-likeness (QED) is 0.338. The predicted molar refractivity (Wildman–Crippen MR) is 109 cm³/mol. The van der Waals surface area contributed by atoms with Crippen molar-refractivity contribution < 1.29 is 19.0 Å². The molecule has 0 aliphatic carbocycles. The summed E-state index contributed by atoms with van der Waals surface area (Å²) >= 11 is 1.68. The van der Waals surface area contributed by atoms with Gasteiger partial charge in [0.05, 0.1) is 39.6 Å². The molecule has 0 aromatic carbocycles. The average Bonchev–Trinajstić information content (AvgIpc) is 3.41. The molecule has 0 aromatic heterocycles. The minimum Gasteiger partial charge on any atom is -0.378 e. The van der Waals surface area contributed by atoms with E-state index in [0.29, 0.717) is 45.6 Å². The molecule has 0 spiro atoms. The summed E-state index contributed by atoms with van der Waals surface area (Å²) in [5, 5.41) is 2.89. The lowest BCUT2D eigenvalue weighted by Gasteiger charge is -2.36. The number of hydrogen-bond acceptors (Lipinski definition) is 7. The number of carbonyl (C=O) groups excluding carboxylic acids is 1. The molecule has 2 heterocycles. The third kappa shape index (κ3) is 9.11. The Morgan fingerprint density at radius 1 is 1.00 bits per heavy atom. The fourth-order valence-corrected chi connectivity index (χ4v) is 3.45. The summed E-state index contributed by atoms with van der Waals surface area (Å²) in [4.78, 5) is 16.7. The molecule has 0 bridgehead atoms. The normalized spacial score (nSPS) is 23.7. The summed E-state index contributed by atoms with van der Waals surface area (Å²) in [6, 6.07) is 0.647. The molecule has 7 nitrogen and oxygen atoms in total. The Labute approximate surface area is 168 Å². The molecule has 2 saturated heterocycles. The van der Waals surface area contributed by atoms with E-state index in [2.05, 4.69) is 29.0 Å². The number of thioether (sulfide) groups is 1. The maximum Gasteiger partial charge on any atom is 0.236 e. The van der Waals surface area contributed by atoms with Gasteiger partial charge in [-0.3, -0.25) is 14.6 Å². The van der Waals surface area contributed by atoms with Crippen LogP contribution in [0.5, 0.6) is 0 Å². The van der Waals surface area contributed by atoms with E-state index < -0.39 is 0 Å². The van der Waals surface area contributed by atoms with E-state index >= 15 is 0 Å². The van der Waals surface area contributed by atoms with Crippen molar-refractivity contribution in [1.82, 2.24) is 15.1 Å². The smallest absolute Gasteiger partial charge is 0.236 e. The van der Waals surface area contributed by atoms with Crippen molar-refractivity contribution >= 4 is 17.7 Å². The molecule has 2 fully saturated rings. The van der Waals surface area contributed by atoms with E-state index in [4.69, 9.17) is 14.2 Å². The predicted octanol–water partition coefficient (Wildman–Crippen LogP) is 0.684. The highest BCUT2D eigenvalue weighted by atomic mass is 32.2. The first kappa shape index (κ1) is 22.9. The number of ether oxygens (including phenoxy) is 3. The Hall–Kier alpha value is -0.380. The van der Waals surface area contributed by atoms with Crippen molar-refractivity contribution in [3.63, 3.8) is 0 Å². The van der Waals surface area contributed by atoms with Gasteiger partial charge in [0.2, 0.25) is 5.91 Å². The van der Waals surface area contributed by atoms with Crippen LogP contribution < -0.4 is 5.32 Å². The molecule has 27 heavy (non-hydrogen) atoms. The Balaban J connectivity index is 1.29. The SMILES string of the molecule is CC(C)N1CCN(CCOCCOCCOCCNC(=O)C2(C)CS2)CC1. The lowest BCUT2D eigenvalue weighted by molar-refractivity contribution is -0.122. The van der Waals surface area contributed by atoms with Crippen LogP contribution in [0.15, 0.2) is 0 Å². The van der Waals surface area contributed by atoms with Crippen LogP contribution in [0.4, 0.5) is 0 Å². The van der Waals surface area contributed by atoms with Crippen LogP contribution in [-0.4, -0.2) is 111 Å². The van der Waals surface area contributed by atoms with Gasteiger partial charge in [-0.05, 0) is 20.8 Å². The van der Waals surface area contributed by atoms with Crippen LogP contribution in [0, 0.1) is 0 Å². The van der Waals surface area contributed by atoms with Gasteiger partial charge in [-0.15, -0.1) is 11.8 Å². The molecule has 1 amide bonds. The zero-order valence-electron chi connectivity index (χ0n) is 17.2. The second-order valence-electron chi connectivity index (χ2n) is 7.58. The van der Waals surface area contributed by atoms with Crippen LogP contribution in [0.3, 0.4) is 0 Å². The van der Waals surface area contributed by atoms with Crippen LogP contribution in [0.2, 0.25) is 0 Å². The Morgan fingerprint density at radius 3 is 2.11 bits per heavy atom. The van der Waals surface area contributed by atoms with Crippen LogP contribution in [0.1, 0.15) is 20.8 Å². The molecule has 158 valence electrons. The van der Waals surface area contributed by atoms with E-state index in [-0.39, 0.29) is 10.7 Å². The van der Waals surface area contributed by atoms with Gasteiger partial charge in [0, 0.05) is 51.1 Å². The van der Waals surface area contributed by atoms with E-state index in [0.717, 1.165) is 45.1 Å². The molecule has 0 radical (unpaired) electrons. The van der Waals surface area contributed by atoms with Crippen molar-refractivity contribution in [2.75, 3.05) is 84.7 Å². The number of carbonyl (C=O) groups is 1. The average molecular weight is 404 g/mol. The van der Waals surface area contributed by atoms with Gasteiger partial charge in [0.1, 0.15) is 4.75 Å². The zero-order valence-corrected chi connectivity index (χ0v) is 18.0. The first-order valence-electron chi connectivity index (χ1n) is 10.1. The molecule has 2 rings (SSSR count). The molecule has 2 aliphatic heterocycles. The highest BCUT2D eigenvalue weighted by Crippen LogP contribution is 2.43. The summed E-state index contributed by atoms with van der Waals surface area (Å²) in [6.45, 7) is 16.2. The summed E-state index contributed by atoms with van der Waals surface area (Å²) in [5.41, 5.74) is 0. The fourth-order valence-electron chi connectivity index (χ4n) is 2.90. The number of nitrogens with one attached hydrogen (secondary N) is 1. The number of piperazine rings is 1. The van der Waals surface area contributed by atoms with Gasteiger partial charge < -0.3 is 19.5 Å². The first-order valence-corrected chi connectivity index (χ1v) is 11.1. The third-order valence-electron chi connectivity index (χ3n) is 5.02. The first-order chi connectivity index (χ1) is 13.0. The Morgan fingerprint density at radius 2 is 1.56 bits per heavy atom. The molecule has 1 atom stereocenters. The molecular weight excluding hydrogens is 366 g/mol. The summed E-state index contributed by atoms with van der Waals surface area (Å²) in [7, 11) is 0. The highest BCUT2D eigenvalue weighted by molar-refractivity contribution is 8.08. The number of hydrogen-bond donors (Lipinski definition) is 1. The number of amides is 1. The Bertz CT molecular complexity index is 427. The van der Waals surface area contributed by atoms with Gasteiger partial charge in [-0.25, -0.2) is 0 Å². The molecular formula is C19H37N3O4S. The molecule has 2 aliphatic rings. The minimum absolute atomic E-state index is 0.117. The van der Waals surface area contributed by atoms with Crippen molar-refractivity contribution in [3.8, 4) is 0 Å². The van der Waals surface area contributed by atoms with Gasteiger partial charge in [-0.1, -0.05) is 0 Å². The van der Waals surface area contributed by atoms with Crippen LogP contribution in [-0.2, 0) is 19.0 Å². The summed E-state index contributed by atoms with van der Waals surface area (Å²) in [5.74, 6) is 1.04. The van der Waals surface area contributed by atoms with Gasteiger partial charge in [0.25, 0.3) is 0 Å². The number of rotatable bonds is 14. The molecule has 0 aromatic rings. The highest BCUT2D eigenvalue weighted by Gasteiger charge is 2.46. The molecule has 0 saturated carbocycles.